The van der Waals surface area contributed by atoms with Crippen molar-refractivity contribution in [1.29, 1.82) is 0 Å². The number of halogens is 2. The fraction of sp³-hybridized carbons (Fsp3) is 0.533. The van der Waals surface area contributed by atoms with Gasteiger partial charge in [-0.15, -0.1) is 0 Å². The van der Waals surface area contributed by atoms with Crippen LogP contribution >= 0.6 is 35.4 Å². The number of nitrogens with two attached hydrogens (primary N) is 1. The normalized spacial score (nSPS) is 18.6. The SMILES string of the molecule is CCC(C(N)=S)N1CCN(Cc2ccc(Cl)c(Cl)c2)CC1. The number of piperazine rings is 1. The maximum absolute atomic E-state index is 6.06. The van der Waals surface area contributed by atoms with Crippen LogP contribution in [0.4, 0.5) is 0 Å². The summed E-state index contributed by atoms with van der Waals surface area (Å²) in [5, 5.41) is 1.22. The third-order valence-corrected chi connectivity index (χ3v) is 4.96. The Labute approximate surface area is 142 Å². The molecule has 0 spiro atoms. The van der Waals surface area contributed by atoms with Gasteiger partial charge in [0.15, 0.2) is 0 Å². The van der Waals surface area contributed by atoms with Crippen molar-refractivity contribution < 1.29 is 0 Å². The zero-order valence-electron chi connectivity index (χ0n) is 12.2. The van der Waals surface area contributed by atoms with E-state index in [0.29, 0.717) is 15.0 Å². The molecule has 116 valence electrons. The summed E-state index contributed by atoms with van der Waals surface area (Å²) in [6, 6.07) is 6.06. The predicted octanol–water partition coefficient (Wildman–Crippen LogP) is 3.18. The number of thiocarbonyl (C=S) groups is 1. The molecule has 6 heteroatoms. The third-order valence-electron chi connectivity index (χ3n) is 3.95. The van der Waals surface area contributed by atoms with Crippen molar-refractivity contribution in [2.75, 3.05) is 26.2 Å². The van der Waals surface area contributed by atoms with Crippen LogP contribution in [0.15, 0.2) is 18.2 Å². The van der Waals surface area contributed by atoms with Crippen molar-refractivity contribution in [2.45, 2.75) is 25.9 Å². The highest BCUT2D eigenvalue weighted by Gasteiger charge is 2.24. The van der Waals surface area contributed by atoms with Gasteiger partial charge in [0, 0.05) is 32.7 Å². The van der Waals surface area contributed by atoms with Gasteiger partial charge < -0.3 is 5.73 Å². The van der Waals surface area contributed by atoms with E-state index >= 15 is 0 Å². The first-order chi connectivity index (χ1) is 10.0. The van der Waals surface area contributed by atoms with Gasteiger partial charge in [-0.25, -0.2) is 0 Å². The van der Waals surface area contributed by atoms with Crippen LogP contribution in [0.5, 0.6) is 0 Å². The van der Waals surface area contributed by atoms with Crippen molar-refractivity contribution >= 4 is 40.4 Å². The monoisotopic (exact) mass is 345 g/mol. The summed E-state index contributed by atoms with van der Waals surface area (Å²) in [6.07, 6.45) is 0.974. The van der Waals surface area contributed by atoms with E-state index in [4.69, 9.17) is 41.2 Å². The molecule has 1 fully saturated rings. The van der Waals surface area contributed by atoms with Crippen LogP contribution in [0.2, 0.25) is 10.0 Å². The Morgan fingerprint density at radius 3 is 2.43 bits per heavy atom. The summed E-state index contributed by atoms with van der Waals surface area (Å²) in [5.74, 6) is 0. The second kappa shape index (κ2) is 7.75. The predicted molar refractivity (Wildman–Crippen MR) is 94.2 cm³/mol. The Morgan fingerprint density at radius 2 is 1.90 bits per heavy atom. The number of hydrogen-bond donors (Lipinski definition) is 1. The highest BCUT2D eigenvalue weighted by molar-refractivity contribution is 7.80. The van der Waals surface area contributed by atoms with Crippen LogP contribution in [0.3, 0.4) is 0 Å². The summed E-state index contributed by atoms with van der Waals surface area (Å²) >= 11 is 17.2. The molecule has 1 aliphatic heterocycles. The van der Waals surface area contributed by atoms with E-state index in [2.05, 4.69) is 16.7 Å². The fourth-order valence-electron chi connectivity index (χ4n) is 2.77. The molecule has 1 aromatic rings. The molecular formula is C15H21Cl2N3S. The Balaban J connectivity index is 1.89. The van der Waals surface area contributed by atoms with Crippen molar-refractivity contribution in [3.63, 3.8) is 0 Å². The lowest BCUT2D eigenvalue weighted by Crippen LogP contribution is -2.53. The van der Waals surface area contributed by atoms with Crippen molar-refractivity contribution in [3.05, 3.63) is 33.8 Å². The highest BCUT2D eigenvalue weighted by atomic mass is 35.5. The highest BCUT2D eigenvalue weighted by Crippen LogP contribution is 2.23. The molecule has 0 aliphatic carbocycles. The maximum atomic E-state index is 6.06. The summed E-state index contributed by atoms with van der Waals surface area (Å²) in [4.78, 5) is 5.41. The molecule has 1 atom stereocenters. The molecule has 21 heavy (non-hydrogen) atoms. The molecule has 3 nitrogen and oxygen atoms in total. The van der Waals surface area contributed by atoms with Gasteiger partial charge in [0.2, 0.25) is 0 Å². The second-order valence-corrected chi connectivity index (χ2v) is 6.67. The van der Waals surface area contributed by atoms with E-state index in [1.54, 1.807) is 0 Å². The van der Waals surface area contributed by atoms with E-state index in [0.717, 1.165) is 39.1 Å². The van der Waals surface area contributed by atoms with Crippen LogP contribution in [0, 0.1) is 0 Å². The molecule has 2 rings (SSSR count). The van der Waals surface area contributed by atoms with E-state index in [1.165, 1.54) is 5.56 Å². The second-order valence-electron chi connectivity index (χ2n) is 5.39. The first-order valence-electron chi connectivity index (χ1n) is 7.21. The molecule has 1 aromatic carbocycles. The summed E-state index contributed by atoms with van der Waals surface area (Å²) in [7, 11) is 0. The summed E-state index contributed by atoms with van der Waals surface area (Å²) in [5.41, 5.74) is 7.01. The van der Waals surface area contributed by atoms with Crippen LogP contribution in [0.25, 0.3) is 0 Å². The van der Waals surface area contributed by atoms with Gasteiger partial charge in [0.25, 0.3) is 0 Å². The Hall–Kier alpha value is -0.390. The maximum Gasteiger partial charge on any atom is 0.0901 e. The minimum Gasteiger partial charge on any atom is -0.392 e. The molecule has 0 saturated carbocycles. The zero-order chi connectivity index (χ0) is 15.4. The van der Waals surface area contributed by atoms with Gasteiger partial charge in [0.1, 0.15) is 0 Å². The summed E-state index contributed by atoms with van der Waals surface area (Å²) in [6.45, 7) is 7.05. The fourth-order valence-corrected chi connectivity index (χ4v) is 3.41. The lowest BCUT2D eigenvalue weighted by atomic mass is 10.1. The number of rotatable bonds is 5. The number of nitrogens with zero attached hydrogens (tertiary/aromatic N) is 2. The molecule has 2 N–H and O–H groups in total. The first-order valence-corrected chi connectivity index (χ1v) is 8.37. The standard InChI is InChI=1S/C15H21Cl2N3S/c1-2-14(15(18)21)20-7-5-19(6-8-20)10-11-3-4-12(16)13(17)9-11/h3-4,9,14H,2,5-8,10H2,1H3,(H2,18,21). The minimum absolute atomic E-state index is 0.229. The first kappa shape index (κ1) is 17.0. The molecule has 1 heterocycles. The van der Waals surface area contributed by atoms with Crippen LogP contribution < -0.4 is 5.73 Å². The quantitative estimate of drug-likeness (QED) is 0.830. The molecular weight excluding hydrogens is 325 g/mol. The molecule has 0 radical (unpaired) electrons. The van der Waals surface area contributed by atoms with E-state index in [-0.39, 0.29) is 6.04 Å². The molecule has 1 saturated heterocycles. The lowest BCUT2D eigenvalue weighted by molar-refractivity contribution is 0.112. The number of benzene rings is 1. The topological polar surface area (TPSA) is 32.5 Å². The van der Waals surface area contributed by atoms with E-state index < -0.39 is 0 Å². The molecule has 1 aliphatic rings. The van der Waals surface area contributed by atoms with Gasteiger partial charge in [-0.2, -0.15) is 0 Å². The third kappa shape index (κ3) is 4.54. The van der Waals surface area contributed by atoms with Crippen LogP contribution in [-0.4, -0.2) is 47.0 Å². The van der Waals surface area contributed by atoms with Gasteiger partial charge in [-0.1, -0.05) is 48.4 Å². The van der Waals surface area contributed by atoms with E-state index in [1.807, 2.05) is 18.2 Å². The van der Waals surface area contributed by atoms with Gasteiger partial charge in [-0.05, 0) is 24.1 Å². The van der Waals surface area contributed by atoms with Crippen molar-refractivity contribution in [1.82, 2.24) is 9.80 Å². The van der Waals surface area contributed by atoms with Crippen molar-refractivity contribution in [2.24, 2.45) is 5.73 Å². The average molecular weight is 346 g/mol. The zero-order valence-corrected chi connectivity index (χ0v) is 14.5. The summed E-state index contributed by atoms with van der Waals surface area (Å²) < 4.78 is 0. The van der Waals surface area contributed by atoms with Crippen LogP contribution in [0.1, 0.15) is 18.9 Å². The largest absolute Gasteiger partial charge is 0.392 e. The Bertz CT molecular complexity index is 502. The van der Waals surface area contributed by atoms with Gasteiger partial charge in [0.05, 0.1) is 21.1 Å². The number of hydrogen-bond acceptors (Lipinski definition) is 3. The minimum atomic E-state index is 0.229. The van der Waals surface area contributed by atoms with Crippen LogP contribution in [-0.2, 0) is 6.54 Å². The Kier molecular flexibility index (Phi) is 6.26. The molecule has 1 unspecified atom stereocenters. The Morgan fingerprint density at radius 1 is 1.24 bits per heavy atom. The van der Waals surface area contributed by atoms with Crippen molar-refractivity contribution in [3.8, 4) is 0 Å². The van der Waals surface area contributed by atoms with E-state index in [9.17, 15) is 0 Å². The lowest BCUT2D eigenvalue weighted by Gasteiger charge is -2.38. The smallest absolute Gasteiger partial charge is 0.0901 e. The van der Waals surface area contributed by atoms with Gasteiger partial charge in [-0.3, -0.25) is 9.80 Å². The average Bonchev–Trinajstić information content (AvgIpc) is 2.45. The molecule has 0 bridgehead atoms. The van der Waals surface area contributed by atoms with Gasteiger partial charge >= 0.3 is 0 Å². The molecule has 0 amide bonds. The molecule has 0 aromatic heterocycles.